The molecule has 1 aliphatic rings. The smallest absolute Gasteiger partial charge is 0.292 e. The lowest BCUT2D eigenvalue weighted by Crippen LogP contribution is -2.46. The summed E-state index contributed by atoms with van der Waals surface area (Å²) in [6.07, 6.45) is 0. The first-order valence-electron chi connectivity index (χ1n) is 5.56. The summed E-state index contributed by atoms with van der Waals surface area (Å²) in [5.74, 6) is 0.404. The highest BCUT2D eigenvalue weighted by Crippen LogP contribution is 2.16. The molecule has 0 saturated carbocycles. The van der Waals surface area contributed by atoms with E-state index in [1.54, 1.807) is 0 Å². The van der Waals surface area contributed by atoms with Crippen molar-refractivity contribution in [3.8, 4) is 0 Å². The molecule has 17 heavy (non-hydrogen) atoms. The average molecular weight is 251 g/mol. The number of fused-ring (bicyclic) bond motifs is 1. The van der Waals surface area contributed by atoms with Crippen molar-refractivity contribution in [1.82, 2.24) is 24.8 Å². The van der Waals surface area contributed by atoms with Crippen LogP contribution in [-0.2, 0) is 0 Å². The maximum atomic E-state index is 12.3. The lowest BCUT2D eigenvalue weighted by Gasteiger charge is -2.26. The van der Waals surface area contributed by atoms with Gasteiger partial charge >= 0.3 is 0 Å². The Morgan fingerprint density at radius 2 is 2.18 bits per heavy atom. The number of hydrogen-bond acceptors (Lipinski definition) is 5. The Hall–Kier alpha value is -1.47. The average Bonchev–Trinajstić information content (AvgIpc) is 2.93. The molecular formula is C10H13N5OS. The second kappa shape index (κ2) is 4.08. The van der Waals surface area contributed by atoms with Crippen molar-refractivity contribution in [3.05, 3.63) is 16.9 Å². The van der Waals surface area contributed by atoms with Crippen LogP contribution in [0.1, 0.15) is 16.3 Å². The number of carbonyl (C=O) groups is 1. The molecule has 1 fully saturated rings. The van der Waals surface area contributed by atoms with Crippen molar-refractivity contribution in [2.45, 2.75) is 6.92 Å². The lowest BCUT2D eigenvalue weighted by molar-refractivity contribution is 0.0722. The highest BCUT2D eigenvalue weighted by molar-refractivity contribution is 7.15. The molecule has 0 unspecified atom stereocenters. The topological polar surface area (TPSA) is 62.5 Å². The van der Waals surface area contributed by atoms with Crippen molar-refractivity contribution in [1.29, 1.82) is 0 Å². The van der Waals surface area contributed by atoms with Gasteiger partial charge in [-0.1, -0.05) is 0 Å². The summed E-state index contributed by atoms with van der Waals surface area (Å²) in [6, 6.07) is 0. The largest absolute Gasteiger partial charge is 0.333 e. The number of amides is 1. The van der Waals surface area contributed by atoms with Crippen LogP contribution in [0.2, 0.25) is 0 Å². The van der Waals surface area contributed by atoms with Crippen molar-refractivity contribution in [3.63, 3.8) is 0 Å². The van der Waals surface area contributed by atoms with Crippen LogP contribution in [0.4, 0.5) is 0 Å². The van der Waals surface area contributed by atoms with Crippen LogP contribution in [-0.4, -0.2) is 51.6 Å². The monoisotopic (exact) mass is 251 g/mol. The van der Waals surface area contributed by atoms with Gasteiger partial charge in [-0.3, -0.25) is 9.20 Å². The highest BCUT2D eigenvalue weighted by Gasteiger charge is 2.23. The zero-order valence-electron chi connectivity index (χ0n) is 9.51. The van der Waals surface area contributed by atoms with E-state index in [2.05, 4.69) is 15.5 Å². The molecule has 0 aliphatic carbocycles. The Labute approximate surface area is 102 Å². The van der Waals surface area contributed by atoms with Gasteiger partial charge in [0.05, 0.1) is 0 Å². The van der Waals surface area contributed by atoms with Crippen LogP contribution < -0.4 is 5.32 Å². The van der Waals surface area contributed by atoms with Crippen LogP contribution in [0.5, 0.6) is 0 Å². The second-order valence-corrected chi connectivity index (χ2v) is 4.90. The van der Waals surface area contributed by atoms with Gasteiger partial charge in [0.1, 0.15) is 0 Å². The minimum Gasteiger partial charge on any atom is -0.333 e. The van der Waals surface area contributed by atoms with E-state index in [0.29, 0.717) is 5.82 Å². The fourth-order valence-corrected chi connectivity index (χ4v) is 2.81. The molecule has 6 nitrogen and oxygen atoms in total. The van der Waals surface area contributed by atoms with E-state index < -0.39 is 0 Å². The molecule has 0 radical (unpaired) electrons. The predicted octanol–water partition coefficient (Wildman–Crippen LogP) is 0.145. The predicted molar refractivity (Wildman–Crippen MR) is 64.4 cm³/mol. The van der Waals surface area contributed by atoms with Crippen LogP contribution in [0, 0.1) is 6.92 Å². The highest BCUT2D eigenvalue weighted by atomic mass is 32.1. The lowest BCUT2D eigenvalue weighted by atomic mass is 10.3. The fourth-order valence-electron chi connectivity index (χ4n) is 2.00. The molecule has 2 aromatic rings. The number of rotatable bonds is 1. The Bertz CT molecular complexity index is 554. The summed E-state index contributed by atoms with van der Waals surface area (Å²) in [5, 5.41) is 13.2. The van der Waals surface area contributed by atoms with Crippen LogP contribution in [0.3, 0.4) is 0 Å². The number of hydrogen-bond donors (Lipinski definition) is 1. The van der Waals surface area contributed by atoms with Gasteiger partial charge in [0.2, 0.25) is 10.8 Å². The number of aromatic nitrogens is 3. The molecule has 3 rings (SSSR count). The molecule has 1 aliphatic heterocycles. The summed E-state index contributed by atoms with van der Waals surface area (Å²) in [7, 11) is 0. The van der Waals surface area contributed by atoms with Gasteiger partial charge in [-0.2, -0.15) is 0 Å². The van der Waals surface area contributed by atoms with Gasteiger partial charge in [0, 0.05) is 37.3 Å². The molecule has 0 aromatic carbocycles. The number of nitrogens with zero attached hydrogens (tertiary/aromatic N) is 4. The van der Waals surface area contributed by atoms with E-state index in [1.165, 1.54) is 11.3 Å². The van der Waals surface area contributed by atoms with Gasteiger partial charge in [-0.25, -0.2) is 0 Å². The van der Waals surface area contributed by atoms with E-state index >= 15 is 0 Å². The van der Waals surface area contributed by atoms with Crippen molar-refractivity contribution in [2.75, 3.05) is 26.2 Å². The van der Waals surface area contributed by atoms with Crippen LogP contribution in [0.25, 0.3) is 4.96 Å². The van der Waals surface area contributed by atoms with Gasteiger partial charge in [0.15, 0.2) is 0 Å². The molecule has 0 spiro atoms. The normalized spacial score (nSPS) is 16.6. The Morgan fingerprint density at radius 3 is 2.94 bits per heavy atom. The number of thiazole rings is 1. The minimum absolute atomic E-state index is 0.0273. The molecule has 1 saturated heterocycles. The Morgan fingerprint density at radius 1 is 1.41 bits per heavy atom. The van der Waals surface area contributed by atoms with Gasteiger partial charge < -0.3 is 10.2 Å². The molecule has 1 N–H and O–H groups in total. The fraction of sp³-hybridized carbons (Fsp3) is 0.500. The number of piperazine rings is 1. The molecule has 7 heteroatoms. The zero-order valence-corrected chi connectivity index (χ0v) is 10.3. The molecule has 90 valence electrons. The molecule has 2 aromatic heterocycles. The third kappa shape index (κ3) is 1.71. The minimum atomic E-state index is -0.0273. The SMILES string of the molecule is Cc1csc2nnc(C(=O)N3CCNCC3)n12. The maximum Gasteiger partial charge on any atom is 0.292 e. The van der Waals surface area contributed by atoms with E-state index in [9.17, 15) is 4.79 Å². The van der Waals surface area contributed by atoms with Gasteiger partial charge in [0.25, 0.3) is 5.91 Å². The van der Waals surface area contributed by atoms with E-state index in [-0.39, 0.29) is 5.91 Å². The number of carbonyl (C=O) groups excluding carboxylic acids is 1. The third-order valence-corrected chi connectivity index (χ3v) is 3.85. The molecular weight excluding hydrogens is 238 g/mol. The summed E-state index contributed by atoms with van der Waals surface area (Å²) in [4.78, 5) is 14.9. The molecule has 3 heterocycles. The van der Waals surface area contributed by atoms with Gasteiger partial charge in [-0.05, 0) is 6.92 Å². The first-order valence-corrected chi connectivity index (χ1v) is 6.44. The molecule has 0 atom stereocenters. The van der Waals surface area contributed by atoms with Crippen molar-refractivity contribution in [2.24, 2.45) is 0 Å². The summed E-state index contributed by atoms with van der Waals surface area (Å²) in [6.45, 7) is 5.11. The zero-order chi connectivity index (χ0) is 11.8. The van der Waals surface area contributed by atoms with Crippen molar-refractivity contribution < 1.29 is 4.79 Å². The van der Waals surface area contributed by atoms with E-state index in [4.69, 9.17) is 0 Å². The Balaban J connectivity index is 1.97. The second-order valence-electron chi connectivity index (χ2n) is 4.06. The standard InChI is InChI=1S/C10H13N5OS/c1-7-6-17-10-13-12-8(15(7)10)9(16)14-4-2-11-3-5-14/h6,11H,2-5H2,1H3. The molecule has 1 amide bonds. The number of aryl methyl sites for hydroxylation is 1. The summed E-state index contributed by atoms with van der Waals surface area (Å²) in [5.41, 5.74) is 1.01. The maximum absolute atomic E-state index is 12.3. The van der Waals surface area contributed by atoms with E-state index in [0.717, 1.165) is 36.8 Å². The van der Waals surface area contributed by atoms with Crippen LogP contribution >= 0.6 is 11.3 Å². The van der Waals surface area contributed by atoms with Crippen LogP contribution in [0.15, 0.2) is 5.38 Å². The Kier molecular flexibility index (Phi) is 2.56. The summed E-state index contributed by atoms with van der Waals surface area (Å²) >= 11 is 1.51. The first-order chi connectivity index (χ1) is 8.27. The van der Waals surface area contributed by atoms with Gasteiger partial charge in [-0.15, -0.1) is 21.5 Å². The van der Waals surface area contributed by atoms with E-state index in [1.807, 2.05) is 21.6 Å². The number of nitrogens with one attached hydrogen (secondary N) is 1. The quantitative estimate of drug-likeness (QED) is 0.783. The van der Waals surface area contributed by atoms with Crippen molar-refractivity contribution >= 4 is 22.2 Å². The molecule has 0 bridgehead atoms. The first kappa shape index (κ1) is 10.7. The summed E-state index contributed by atoms with van der Waals surface area (Å²) < 4.78 is 1.83. The third-order valence-electron chi connectivity index (χ3n) is 2.92.